The van der Waals surface area contributed by atoms with Crippen molar-refractivity contribution in [1.29, 1.82) is 0 Å². The Labute approximate surface area is 186 Å². The quantitative estimate of drug-likeness (QED) is 0.332. The zero-order valence-corrected chi connectivity index (χ0v) is 17.9. The number of ether oxygens (including phenoxy) is 1. The van der Waals surface area contributed by atoms with Gasteiger partial charge in [0.1, 0.15) is 5.76 Å². The molecule has 0 aliphatic carbocycles. The van der Waals surface area contributed by atoms with Gasteiger partial charge in [-0.2, -0.15) is 0 Å². The van der Waals surface area contributed by atoms with Crippen LogP contribution in [0.25, 0.3) is 5.76 Å². The molecule has 1 aliphatic heterocycles. The molecule has 2 heterocycles. The molecule has 0 bridgehead atoms. The number of hydrogen-bond donors (Lipinski definition) is 2. The summed E-state index contributed by atoms with van der Waals surface area (Å²) in [5.41, 5.74) is 0.733. The number of aromatic hydroxyl groups is 1. The molecule has 1 amide bonds. The number of rotatable bonds is 5. The van der Waals surface area contributed by atoms with E-state index in [-0.39, 0.29) is 22.8 Å². The summed E-state index contributed by atoms with van der Waals surface area (Å²) in [7, 11) is 0. The number of carbonyl (C=O) groups excluding carboxylic acids is 2. The largest absolute Gasteiger partial charge is 0.507 e. The number of aromatic nitrogens is 1. The van der Waals surface area contributed by atoms with Crippen molar-refractivity contribution in [3.8, 4) is 11.5 Å². The number of phenols is 1. The molecule has 0 spiro atoms. The van der Waals surface area contributed by atoms with Gasteiger partial charge >= 0.3 is 5.91 Å². The number of carbonyl (C=O) groups is 2. The topological polar surface area (TPSA) is 100.0 Å². The van der Waals surface area contributed by atoms with Crippen LogP contribution in [0.5, 0.6) is 11.5 Å². The molecular weight excluding hydrogens is 440 g/mol. The number of anilines is 1. The molecule has 1 aliphatic rings. The predicted molar refractivity (Wildman–Crippen MR) is 118 cm³/mol. The van der Waals surface area contributed by atoms with Gasteiger partial charge in [0.25, 0.3) is 5.78 Å². The van der Waals surface area contributed by atoms with Gasteiger partial charge in [-0.05, 0) is 48.9 Å². The van der Waals surface area contributed by atoms with Crippen LogP contribution in [0.3, 0.4) is 0 Å². The van der Waals surface area contributed by atoms with Gasteiger partial charge in [-0.1, -0.05) is 17.7 Å². The van der Waals surface area contributed by atoms with Gasteiger partial charge in [-0.25, -0.2) is 4.98 Å². The third kappa shape index (κ3) is 3.75. The summed E-state index contributed by atoms with van der Waals surface area (Å²) in [5, 5.41) is 23.6. The standard InChI is InChI=1S/C22H17ClN2O5S/c1-2-30-16-11-13(5-8-15(16)26)18-17(19(27)12-3-6-14(23)7-4-12)20(28)21(29)25(18)22-24-9-10-31-22/h3-11,18,26-27H,2H2,1H3/b19-17+/t18-/m0/s1. The van der Waals surface area contributed by atoms with E-state index in [4.69, 9.17) is 16.3 Å². The minimum absolute atomic E-state index is 0.0745. The number of benzene rings is 2. The van der Waals surface area contributed by atoms with Crippen molar-refractivity contribution in [3.05, 3.63) is 75.8 Å². The second-order valence-electron chi connectivity index (χ2n) is 6.65. The zero-order valence-electron chi connectivity index (χ0n) is 16.3. The Morgan fingerprint density at radius 3 is 2.61 bits per heavy atom. The Kier molecular flexibility index (Phi) is 5.67. The summed E-state index contributed by atoms with van der Waals surface area (Å²) >= 11 is 7.13. The van der Waals surface area contributed by atoms with Crippen LogP contribution >= 0.6 is 22.9 Å². The number of nitrogens with zero attached hydrogens (tertiary/aromatic N) is 2. The summed E-state index contributed by atoms with van der Waals surface area (Å²) in [4.78, 5) is 31.4. The molecule has 1 atom stereocenters. The molecule has 7 nitrogen and oxygen atoms in total. The third-order valence-corrected chi connectivity index (χ3v) is 5.81. The zero-order chi connectivity index (χ0) is 22.1. The number of phenolic OH excluding ortho intramolecular Hbond substituents is 1. The first-order valence-electron chi connectivity index (χ1n) is 9.34. The average Bonchev–Trinajstić information content (AvgIpc) is 3.37. The normalized spacial score (nSPS) is 17.9. The fourth-order valence-corrected chi connectivity index (χ4v) is 4.21. The first-order valence-corrected chi connectivity index (χ1v) is 10.6. The van der Waals surface area contributed by atoms with E-state index < -0.39 is 17.7 Å². The van der Waals surface area contributed by atoms with Crippen molar-refractivity contribution in [2.24, 2.45) is 0 Å². The number of halogens is 1. The van der Waals surface area contributed by atoms with Gasteiger partial charge in [-0.3, -0.25) is 14.5 Å². The molecule has 3 aromatic rings. The Morgan fingerprint density at radius 1 is 1.23 bits per heavy atom. The first kappa shape index (κ1) is 20.9. The minimum atomic E-state index is -0.957. The monoisotopic (exact) mass is 456 g/mol. The highest BCUT2D eigenvalue weighted by atomic mass is 35.5. The summed E-state index contributed by atoms with van der Waals surface area (Å²) in [5.74, 6) is -1.84. The molecule has 4 rings (SSSR count). The Balaban J connectivity index is 1.94. The van der Waals surface area contributed by atoms with Gasteiger partial charge in [0.15, 0.2) is 16.6 Å². The van der Waals surface area contributed by atoms with Crippen molar-refractivity contribution in [3.63, 3.8) is 0 Å². The van der Waals surface area contributed by atoms with Crippen LogP contribution in [-0.2, 0) is 9.59 Å². The van der Waals surface area contributed by atoms with Gasteiger partial charge < -0.3 is 14.9 Å². The van der Waals surface area contributed by atoms with Gasteiger partial charge in [0, 0.05) is 22.2 Å². The highest BCUT2D eigenvalue weighted by molar-refractivity contribution is 7.14. The SMILES string of the molecule is CCOc1cc([C@H]2/C(=C(\O)c3ccc(Cl)cc3)C(=O)C(=O)N2c2nccs2)ccc1O. The van der Waals surface area contributed by atoms with E-state index in [1.165, 1.54) is 28.5 Å². The number of aliphatic hydroxyl groups excluding tert-OH is 1. The van der Waals surface area contributed by atoms with Crippen molar-refractivity contribution in [2.75, 3.05) is 11.5 Å². The molecule has 0 unspecified atom stereocenters. The van der Waals surface area contributed by atoms with Crippen molar-refractivity contribution in [2.45, 2.75) is 13.0 Å². The van der Waals surface area contributed by atoms with Crippen LogP contribution in [0.2, 0.25) is 5.02 Å². The van der Waals surface area contributed by atoms with E-state index in [2.05, 4.69) is 4.98 Å². The van der Waals surface area contributed by atoms with Crippen LogP contribution in [0, 0.1) is 0 Å². The fraction of sp³-hybridized carbons (Fsp3) is 0.136. The molecule has 2 aromatic carbocycles. The molecule has 158 valence electrons. The van der Waals surface area contributed by atoms with Gasteiger partial charge in [0.05, 0.1) is 18.2 Å². The molecule has 1 saturated heterocycles. The van der Waals surface area contributed by atoms with Crippen molar-refractivity contribution < 1.29 is 24.5 Å². The highest BCUT2D eigenvalue weighted by Crippen LogP contribution is 2.44. The predicted octanol–water partition coefficient (Wildman–Crippen LogP) is 4.53. The maximum Gasteiger partial charge on any atom is 0.301 e. The van der Waals surface area contributed by atoms with E-state index in [1.54, 1.807) is 48.7 Å². The van der Waals surface area contributed by atoms with E-state index in [0.717, 1.165) is 0 Å². The second-order valence-corrected chi connectivity index (χ2v) is 7.96. The summed E-state index contributed by atoms with van der Waals surface area (Å²) in [6.07, 6.45) is 1.53. The maximum atomic E-state index is 13.0. The highest BCUT2D eigenvalue weighted by Gasteiger charge is 2.48. The molecule has 0 saturated carbocycles. The lowest BCUT2D eigenvalue weighted by molar-refractivity contribution is -0.132. The first-order chi connectivity index (χ1) is 14.9. The van der Waals surface area contributed by atoms with Gasteiger partial charge in [-0.15, -0.1) is 11.3 Å². The van der Waals surface area contributed by atoms with Gasteiger partial charge in [0.2, 0.25) is 0 Å². The Morgan fingerprint density at radius 2 is 1.97 bits per heavy atom. The Hall–Kier alpha value is -3.36. The third-order valence-electron chi connectivity index (χ3n) is 4.79. The number of amides is 1. The van der Waals surface area contributed by atoms with Crippen LogP contribution in [0.15, 0.2) is 59.6 Å². The fourth-order valence-electron chi connectivity index (χ4n) is 3.42. The molecule has 31 heavy (non-hydrogen) atoms. The van der Waals surface area contributed by atoms with E-state index in [1.807, 2.05) is 0 Å². The Bertz CT molecular complexity index is 1180. The number of Topliss-reactive ketones (excluding diaryl/α,β-unsaturated/α-hetero) is 1. The minimum Gasteiger partial charge on any atom is -0.507 e. The molecular formula is C22H17ClN2O5S. The van der Waals surface area contributed by atoms with E-state index in [9.17, 15) is 19.8 Å². The lowest BCUT2D eigenvalue weighted by atomic mass is 9.95. The lowest BCUT2D eigenvalue weighted by Gasteiger charge is -2.23. The maximum absolute atomic E-state index is 13.0. The number of thiazole rings is 1. The molecule has 9 heteroatoms. The number of aliphatic hydroxyl groups is 1. The smallest absolute Gasteiger partial charge is 0.301 e. The van der Waals surface area contributed by atoms with Crippen LogP contribution < -0.4 is 9.64 Å². The van der Waals surface area contributed by atoms with Crippen molar-refractivity contribution in [1.82, 2.24) is 4.98 Å². The second kappa shape index (κ2) is 8.41. The molecule has 2 N–H and O–H groups in total. The van der Waals surface area contributed by atoms with Crippen LogP contribution in [0.1, 0.15) is 24.1 Å². The lowest BCUT2D eigenvalue weighted by Crippen LogP contribution is -2.29. The number of ketones is 1. The van der Waals surface area contributed by atoms with E-state index >= 15 is 0 Å². The number of hydrogen-bond acceptors (Lipinski definition) is 7. The molecule has 1 fully saturated rings. The average molecular weight is 457 g/mol. The summed E-state index contributed by atoms with van der Waals surface area (Å²) in [6.45, 7) is 2.09. The van der Waals surface area contributed by atoms with Crippen molar-refractivity contribution >= 4 is 45.5 Å². The molecule has 1 aromatic heterocycles. The van der Waals surface area contributed by atoms with Crippen LogP contribution in [0.4, 0.5) is 5.13 Å². The molecule has 0 radical (unpaired) electrons. The summed E-state index contributed by atoms with van der Waals surface area (Å²) in [6, 6.07) is 9.87. The van der Waals surface area contributed by atoms with E-state index in [0.29, 0.717) is 27.9 Å². The van der Waals surface area contributed by atoms with Crippen LogP contribution in [-0.4, -0.2) is 33.5 Å². The summed E-state index contributed by atoms with van der Waals surface area (Å²) < 4.78 is 5.47.